The van der Waals surface area contributed by atoms with Crippen molar-refractivity contribution >= 4 is 5.78 Å². The van der Waals surface area contributed by atoms with Crippen molar-refractivity contribution in [2.24, 2.45) is 5.92 Å². The zero-order chi connectivity index (χ0) is 12.3. The number of carbonyl (C=O) groups is 1. The summed E-state index contributed by atoms with van der Waals surface area (Å²) >= 11 is 0. The molecule has 0 amide bonds. The van der Waals surface area contributed by atoms with Crippen LogP contribution in [0, 0.1) is 19.8 Å². The molecule has 0 spiro atoms. The lowest BCUT2D eigenvalue weighted by Crippen LogP contribution is -2.08. The topological polar surface area (TPSA) is 26.3 Å². The lowest BCUT2D eigenvalue weighted by molar-refractivity contribution is 0.0966. The molecule has 0 saturated heterocycles. The first kappa shape index (κ1) is 12.8. The Bertz CT molecular complexity index is 369. The summed E-state index contributed by atoms with van der Waals surface area (Å²) in [6.07, 6.45) is 0.605. The summed E-state index contributed by atoms with van der Waals surface area (Å²) in [5, 5.41) is 0. The molecule has 0 aliphatic rings. The molecule has 1 aromatic carbocycles. The average Bonchev–Trinajstić information content (AvgIpc) is 2.15. The highest BCUT2D eigenvalue weighted by Crippen LogP contribution is 2.23. The lowest BCUT2D eigenvalue weighted by atomic mass is 9.94. The van der Waals surface area contributed by atoms with Crippen LogP contribution in [0.2, 0.25) is 0 Å². The SMILES string of the molecule is COc1cc(C)c(C(=O)CC(C)C)c(C)c1. The molecule has 0 atom stereocenters. The minimum Gasteiger partial charge on any atom is -0.497 e. The quantitative estimate of drug-likeness (QED) is 0.725. The molecule has 0 aromatic heterocycles. The number of rotatable bonds is 4. The molecule has 0 N–H and O–H groups in total. The number of ether oxygens (including phenoxy) is 1. The van der Waals surface area contributed by atoms with Crippen LogP contribution in [0.15, 0.2) is 12.1 Å². The standard InChI is InChI=1S/C14H20O2/c1-9(2)6-13(15)14-10(3)7-12(16-5)8-11(14)4/h7-9H,6H2,1-5H3. The highest BCUT2D eigenvalue weighted by atomic mass is 16.5. The Morgan fingerprint density at radius 1 is 1.25 bits per heavy atom. The van der Waals surface area contributed by atoms with Crippen LogP contribution in [-0.4, -0.2) is 12.9 Å². The van der Waals surface area contributed by atoms with E-state index in [9.17, 15) is 4.79 Å². The molecule has 1 rings (SSSR count). The Hall–Kier alpha value is -1.31. The predicted octanol–water partition coefficient (Wildman–Crippen LogP) is 3.54. The molecule has 0 heterocycles. The van der Waals surface area contributed by atoms with Crippen LogP contribution in [-0.2, 0) is 0 Å². The number of Topliss-reactive ketones (excluding diaryl/α,β-unsaturated/α-hetero) is 1. The first-order valence-electron chi connectivity index (χ1n) is 5.64. The highest BCUT2D eigenvalue weighted by Gasteiger charge is 2.14. The number of benzene rings is 1. The summed E-state index contributed by atoms with van der Waals surface area (Å²) in [4.78, 5) is 12.1. The van der Waals surface area contributed by atoms with Crippen molar-refractivity contribution in [3.8, 4) is 5.75 Å². The summed E-state index contributed by atoms with van der Waals surface area (Å²) in [6.45, 7) is 8.05. The lowest BCUT2D eigenvalue weighted by Gasteiger charge is -2.12. The van der Waals surface area contributed by atoms with E-state index in [0.29, 0.717) is 12.3 Å². The van der Waals surface area contributed by atoms with Gasteiger partial charge >= 0.3 is 0 Å². The van der Waals surface area contributed by atoms with Gasteiger partial charge in [0.2, 0.25) is 0 Å². The maximum Gasteiger partial charge on any atom is 0.163 e. The third kappa shape index (κ3) is 2.84. The molecule has 0 saturated carbocycles. The van der Waals surface area contributed by atoms with Crippen LogP contribution < -0.4 is 4.74 Å². The molecule has 2 heteroatoms. The molecular formula is C14H20O2. The minimum absolute atomic E-state index is 0.229. The fourth-order valence-electron chi connectivity index (χ4n) is 1.95. The zero-order valence-electron chi connectivity index (χ0n) is 10.8. The van der Waals surface area contributed by atoms with Crippen molar-refractivity contribution in [2.45, 2.75) is 34.1 Å². The summed E-state index contributed by atoms with van der Waals surface area (Å²) in [7, 11) is 1.64. The largest absolute Gasteiger partial charge is 0.497 e. The van der Waals surface area contributed by atoms with Gasteiger partial charge < -0.3 is 4.74 Å². The monoisotopic (exact) mass is 220 g/mol. The van der Waals surface area contributed by atoms with E-state index in [0.717, 1.165) is 22.4 Å². The van der Waals surface area contributed by atoms with Gasteiger partial charge in [-0.25, -0.2) is 0 Å². The second-order valence-corrected chi connectivity index (χ2v) is 4.66. The molecule has 0 bridgehead atoms. The summed E-state index contributed by atoms with van der Waals surface area (Å²) in [6, 6.07) is 3.83. The van der Waals surface area contributed by atoms with Crippen molar-refractivity contribution < 1.29 is 9.53 Å². The van der Waals surface area contributed by atoms with E-state index in [1.807, 2.05) is 26.0 Å². The Balaban J connectivity index is 3.09. The number of ketones is 1. The van der Waals surface area contributed by atoms with Crippen molar-refractivity contribution in [3.05, 3.63) is 28.8 Å². The van der Waals surface area contributed by atoms with Gasteiger partial charge in [-0.1, -0.05) is 13.8 Å². The van der Waals surface area contributed by atoms with E-state index in [1.165, 1.54) is 0 Å². The fourth-order valence-corrected chi connectivity index (χ4v) is 1.95. The molecule has 0 aliphatic heterocycles. The third-order valence-corrected chi connectivity index (χ3v) is 2.61. The van der Waals surface area contributed by atoms with Gasteiger partial charge in [0.25, 0.3) is 0 Å². The Kier molecular flexibility index (Phi) is 4.11. The van der Waals surface area contributed by atoms with Gasteiger partial charge in [0.1, 0.15) is 5.75 Å². The predicted molar refractivity (Wildman–Crippen MR) is 66.3 cm³/mol. The highest BCUT2D eigenvalue weighted by molar-refractivity contribution is 5.99. The van der Waals surface area contributed by atoms with Crippen molar-refractivity contribution in [1.82, 2.24) is 0 Å². The first-order valence-corrected chi connectivity index (χ1v) is 5.64. The van der Waals surface area contributed by atoms with Gasteiger partial charge in [-0.05, 0) is 43.0 Å². The number of hydrogen-bond acceptors (Lipinski definition) is 2. The molecule has 0 aliphatic carbocycles. The molecule has 2 nitrogen and oxygen atoms in total. The number of methoxy groups -OCH3 is 1. The second-order valence-electron chi connectivity index (χ2n) is 4.66. The van der Waals surface area contributed by atoms with Crippen molar-refractivity contribution in [2.75, 3.05) is 7.11 Å². The number of hydrogen-bond donors (Lipinski definition) is 0. The van der Waals surface area contributed by atoms with E-state index in [-0.39, 0.29) is 5.78 Å². The summed E-state index contributed by atoms with van der Waals surface area (Å²) in [5.74, 6) is 1.44. The van der Waals surface area contributed by atoms with Crippen LogP contribution in [0.1, 0.15) is 41.8 Å². The normalized spacial score (nSPS) is 10.6. The zero-order valence-corrected chi connectivity index (χ0v) is 10.8. The third-order valence-electron chi connectivity index (χ3n) is 2.61. The van der Waals surface area contributed by atoms with Gasteiger partial charge in [0, 0.05) is 12.0 Å². The fraction of sp³-hybridized carbons (Fsp3) is 0.500. The van der Waals surface area contributed by atoms with Crippen molar-refractivity contribution in [3.63, 3.8) is 0 Å². The minimum atomic E-state index is 0.229. The molecule has 16 heavy (non-hydrogen) atoms. The van der Waals surface area contributed by atoms with E-state index in [4.69, 9.17) is 4.74 Å². The van der Waals surface area contributed by atoms with Crippen LogP contribution in [0.25, 0.3) is 0 Å². The molecule has 0 radical (unpaired) electrons. The van der Waals surface area contributed by atoms with E-state index >= 15 is 0 Å². The van der Waals surface area contributed by atoms with Gasteiger partial charge in [-0.15, -0.1) is 0 Å². The maximum absolute atomic E-state index is 12.1. The number of carbonyl (C=O) groups excluding carboxylic acids is 1. The van der Waals surface area contributed by atoms with E-state index in [1.54, 1.807) is 7.11 Å². The first-order chi connectivity index (χ1) is 7.45. The summed E-state index contributed by atoms with van der Waals surface area (Å²) < 4.78 is 5.18. The Morgan fingerprint density at radius 2 is 1.75 bits per heavy atom. The van der Waals surface area contributed by atoms with E-state index in [2.05, 4.69) is 13.8 Å². The van der Waals surface area contributed by atoms with Crippen LogP contribution >= 0.6 is 0 Å². The van der Waals surface area contributed by atoms with Gasteiger partial charge in [-0.3, -0.25) is 4.79 Å². The van der Waals surface area contributed by atoms with Crippen molar-refractivity contribution in [1.29, 1.82) is 0 Å². The van der Waals surface area contributed by atoms with E-state index < -0.39 is 0 Å². The Morgan fingerprint density at radius 3 is 2.12 bits per heavy atom. The Labute approximate surface area is 97.6 Å². The van der Waals surface area contributed by atoms with Gasteiger partial charge in [0.15, 0.2) is 5.78 Å². The maximum atomic E-state index is 12.1. The number of aryl methyl sites for hydroxylation is 2. The molecule has 0 fully saturated rings. The molecular weight excluding hydrogens is 200 g/mol. The van der Waals surface area contributed by atoms with Crippen LogP contribution in [0.4, 0.5) is 0 Å². The van der Waals surface area contributed by atoms with Crippen LogP contribution in [0.3, 0.4) is 0 Å². The van der Waals surface area contributed by atoms with Crippen LogP contribution in [0.5, 0.6) is 5.75 Å². The summed E-state index contributed by atoms with van der Waals surface area (Å²) in [5.41, 5.74) is 2.86. The smallest absolute Gasteiger partial charge is 0.163 e. The molecule has 1 aromatic rings. The van der Waals surface area contributed by atoms with Gasteiger partial charge in [-0.2, -0.15) is 0 Å². The average molecular weight is 220 g/mol. The van der Waals surface area contributed by atoms with Gasteiger partial charge in [0.05, 0.1) is 7.11 Å². The molecule has 0 unspecified atom stereocenters. The second kappa shape index (κ2) is 5.15. The molecule has 88 valence electrons.